The summed E-state index contributed by atoms with van der Waals surface area (Å²) in [6.45, 7) is 0.823. The molecule has 0 radical (unpaired) electrons. The molecule has 0 heterocycles. The normalized spacial score (nSPS) is 10.2. The summed E-state index contributed by atoms with van der Waals surface area (Å²) in [5.41, 5.74) is 3.20. The molecule has 0 aliphatic carbocycles. The van der Waals surface area contributed by atoms with Crippen molar-refractivity contribution in [2.75, 3.05) is 5.32 Å². The first-order valence-electron chi connectivity index (χ1n) is 8.81. The van der Waals surface area contributed by atoms with Gasteiger partial charge in [0.05, 0.1) is 0 Å². The number of amides is 3. The molecule has 0 atom stereocenters. The second-order valence-corrected chi connectivity index (χ2v) is 6.62. The van der Waals surface area contributed by atoms with Gasteiger partial charge in [-0.2, -0.15) is 0 Å². The number of carbonyl (C=O) groups is 2. The van der Waals surface area contributed by atoms with Crippen LogP contribution in [0.25, 0.3) is 0 Å². The van der Waals surface area contributed by atoms with E-state index in [1.807, 2.05) is 42.5 Å². The number of rotatable bonds is 6. The predicted molar refractivity (Wildman–Crippen MR) is 111 cm³/mol. The monoisotopic (exact) mass is 393 g/mol. The van der Waals surface area contributed by atoms with E-state index in [0.717, 1.165) is 11.1 Å². The average Bonchev–Trinajstić information content (AvgIpc) is 2.73. The van der Waals surface area contributed by atoms with E-state index in [2.05, 4.69) is 16.0 Å². The topological polar surface area (TPSA) is 70.2 Å². The third-order valence-corrected chi connectivity index (χ3v) is 4.32. The molecule has 3 aromatic carbocycles. The van der Waals surface area contributed by atoms with Crippen LogP contribution in [0.1, 0.15) is 21.5 Å². The first-order chi connectivity index (χ1) is 13.6. The maximum Gasteiger partial charge on any atom is 0.319 e. The Kier molecular flexibility index (Phi) is 6.65. The average molecular weight is 394 g/mol. The zero-order valence-corrected chi connectivity index (χ0v) is 15.9. The molecule has 0 fully saturated rings. The minimum absolute atomic E-state index is 0.121. The number of anilines is 1. The molecule has 0 spiro atoms. The Bertz CT molecular complexity index is 926. The molecule has 0 saturated heterocycles. The number of benzene rings is 3. The van der Waals surface area contributed by atoms with Gasteiger partial charge < -0.3 is 16.0 Å². The largest absolute Gasteiger partial charge is 0.348 e. The molecule has 0 saturated carbocycles. The van der Waals surface area contributed by atoms with Crippen molar-refractivity contribution in [2.24, 2.45) is 0 Å². The van der Waals surface area contributed by atoms with Crippen LogP contribution in [0.15, 0.2) is 78.9 Å². The maximum atomic E-state index is 12.1. The molecular formula is C22H20ClN3O2. The summed E-state index contributed by atoms with van der Waals surface area (Å²) in [6, 6.07) is 23.4. The third-order valence-electron chi connectivity index (χ3n) is 4.07. The minimum atomic E-state index is -0.292. The number of nitrogens with one attached hydrogen (secondary N) is 3. The van der Waals surface area contributed by atoms with E-state index in [4.69, 9.17) is 11.6 Å². The second-order valence-electron chi connectivity index (χ2n) is 6.18. The highest BCUT2D eigenvalue weighted by atomic mass is 35.5. The van der Waals surface area contributed by atoms with Crippen molar-refractivity contribution in [1.82, 2.24) is 10.6 Å². The van der Waals surface area contributed by atoms with Crippen LogP contribution in [-0.4, -0.2) is 11.9 Å². The van der Waals surface area contributed by atoms with Crippen molar-refractivity contribution < 1.29 is 9.59 Å². The van der Waals surface area contributed by atoms with Crippen LogP contribution in [0.3, 0.4) is 0 Å². The molecule has 3 aromatic rings. The lowest BCUT2D eigenvalue weighted by atomic mass is 10.2. The molecule has 0 unspecified atom stereocenters. The number of halogens is 1. The summed E-state index contributed by atoms with van der Waals surface area (Å²) < 4.78 is 0. The fourth-order valence-electron chi connectivity index (χ4n) is 2.54. The van der Waals surface area contributed by atoms with Gasteiger partial charge >= 0.3 is 6.03 Å². The first kappa shape index (κ1) is 19.5. The van der Waals surface area contributed by atoms with E-state index < -0.39 is 0 Å². The molecule has 3 rings (SSSR count). The third kappa shape index (κ3) is 5.86. The van der Waals surface area contributed by atoms with Crippen molar-refractivity contribution in [2.45, 2.75) is 13.1 Å². The van der Waals surface area contributed by atoms with E-state index in [1.165, 1.54) is 0 Å². The van der Waals surface area contributed by atoms with E-state index in [9.17, 15) is 9.59 Å². The molecule has 0 aliphatic heterocycles. The SMILES string of the molecule is O=C(NCc1ccc(Cl)cc1)Nc1ccc(CNC(=O)c2ccccc2)cc1. The minimum Gasteiger partial charge on any atom is -0.348 e. The Balaban J connectivity index is 1.45. The highest BCUT2D eigenvalue weighted by molar-refractivity contribution is 6.30. The van der Waals surface area contributed by atoms with Gasteiger partial charge in [0.1, 0.15) is 0 Å². The fourth-order valence-corrected chi connectivity index (χ4v) is 2.67. The van der Waals surface area contributed by atoms with Gasteiger partial charge in [-0.1, -0.05) is 54.1 Å². The van der Waals surface area contributed by atoms with Gasteiger partial charge in [-0.25, -0.2) is 4.79 Å². The van der Waals surface area contributed by atoms with E-state index in [-0.39, 0.29) is 11.9 Å². The summed E-state index contributed by atoms with van der Waals surface area (Å²) in [7, 11) is 0. The molecule has 3 amide bonds. The molecule has 0 bridgehead atoms. The number of hydrogen-bond donors (Lipinski definition) is 3. The van der Waals surface area contributed by atoms with Crippen LogP contribution in [0.5, 0.6) is 0 Å². The van der Waals surface area contributed by atoms with Gasteiger partial charge in [-0.05, 0) is 47.5 Å². The number of hydrogen-bond acceptors (Lipinski definition) is 2. The molecule has 28 heavy (non-hydrogen) atoms. The summed E-state index contributed by atoms with van der Waals surface area (Å²) in [4.78, 5) is 24.1. The molecule has 142 valence electrons. The molecule has 6 heteroatoms. The van der Waals surface area contributed by atoms with Crippen molar-refractivity contribution in [1.29, 1.82) is 0 Å². The summed E-state index contributed by atoms with van der Waals surface area (Å²) in [6.07, 6.45) is 0. The van der Waals surface area contributed by atoms with Crippen molar-refractivity contribution in [3.8, 4) is 0 Å². The van der Waals surface area contributed by atoms with E-state index >= 15 is 0 Å². The lowest BCUT2D eigenvalue weighted by Gasteiger charge is -2.09. The van der Waals surface area contributed by atoms with Gasteiger partial charge in [-0.3, -0.25) is 4.79 Å². The molecule has 3 N–H and O–H groups in total. The first-order valence-corrected chi connectivity index (χ1v) is 9.19. The lowest BCUT2D eigenvalue weighted by molar-refractivity contribution is 0.0951. The molecule has 0 aromatic heterocycles. The lowest BCUT2D eigenvalue weighted by Crippen LogP contribution is -2.28. The van der Waals surface area contributed by atoms with E-state index in [1.54, 1.807) is 36.4 Å². The highest BCUT2D eigenvalue weighted by Crippen LogP contribution is 2.11. The van der Waals surface area contributed by atoms with Crippen molar-refractivity contribution in [3.63, 3.8) is 0 Å². The van der Waals surface area contributed by atoms with Crippen LogP contribution in [0, 0.1) is 0 Å². The summed E-state index contributed by atoms with van der Waals surface area (Å²) >= 11 is 5.84. The quantitative estimate of drug-likeness (QED) is 0.573. The van der Waals surface area contributed by atoms with Crippen LogP contribution < -0.4 is 16.0 Å². The Morgan fingerprint density at radius 3 is 1.93 bits per heavy atom. The van der Waals surface area contributed by atoms with Crippen LogP contribution in [0.2, 0.25) is 5.02 Å². The molecular weight excluding hydrogens is 374 g/mol. The Labute approximate surface area is 168 Å². The van der Waals surface area contributed by atoms with Gasteiger partial charge in [0, 0.05) is 29.4 Å². The summed E-state index contributed by atoms with van der Waals surface area (Å²) in [5, 5.41) is 9.10. The van der Waals surface area contributed by atoms with Crippen molar-refractivity contribution >= 4 is 29.2 Å². The Morgan fingerprint density at radius 1 is 0.714 bits per heavy atom. The zero-order chi connectivity index (χ0) is 19.8. The second kappa shape index (κ2) is 9.58. The molecule has 0 aliphatic rings. The van der Waals surface area contributed by atoms with Crippen LogP contribution in [0.4, 0.5) is 10.5 Å². The van der Waals surface area contributed by atoms with Gasteiger partial charge in [0.15, 0.2) is 0 Å². The Hall–Kier alpha value is -3.31. The van der Waals surface area contributed by atoms with Gasteiger partial charge in [-0.15, -0.1) is 0 Å². The van der Waals surface area contributed by atoms with Crippen LogP contribution in [-0.2, 0) is 13.1 Å². The number of carbonyl (C=O) groups excluding carboxylic acids is 2. The summed E-state index contributed by atoms with van der Waals surface area (Å²) in [5.74, 6) is -0.121. The Morgan fingerprint density at radius 2 is 1.29 bits per heavy atom. The van der Waals surface area contributed by atoms with E-state index in [0.29, 0.717) is 29.4 Å². The molecule has 5 nitrogen and oxygen atoms in total. The maximum absolute atomic E-state index is 12.1. The van der Waals surface area contributed by atoms with Gasteiger partial charge in [0.25, 0.3) is 5.91 Å². The zero-order valence-electron chi connectivity index (χ0n) is 15.1. The standard InChI is InChI=1S/C22H20ClN3O2/c23-19-10-6-16(7-11-19)15-25-22(28)26-20-12-8-17(9-13-20)14-24-21(27)18-4-2-1-3-5-18/h1-13H,14-15H2,(H,24,27)(H2,25,26,28). The fraction of sp³-hybridized carbons (Fsp3) is 0.0909. The predicted octanol–water partition coefficient (Wildman–Crippen LogP) is 4.59. The van der Waals surface area contributed by atoms with Crippen molar-refractivity contribution in [3.05, 3.63) is 101 Å². The number of urea groups is 1. The van der Waals surface area contributed by atoms with Crippen LogP contribution >= 0.6 is 11.6 Å². The van der Waals surface area contributed by atoms with Gasteiger partial charge in [0.2, 0.25) is 0 Å². The highest BCUT2D eigenvalue weighted by Gasteiger charge is 2.05. The smallest absolute Gasteiger partial charge is 0.319 e.